The Kier molecular flexibility index (Phi) is 3.78. The predicted molar refractivity (Wildman–Crippen MR) is 81.3 cm³/mol. The minimum absolute atomic E-state index is 0.136. The summed E-state index contributed by atoms with van der Waals surface area (Å²) in [6, 6.07) is 6.29. The van der Waals surface area contributed by atoms with Crippen molar-refractivity contribution < 1.29 is 8.81 Å². The Balaban J connectivity index is 1.90. The molecule has 1 aliphatic rings. The van der Waals surface area contributed by atoms with Gasteiger partial charge in [0.2, 0.25) is 0 Å². The average molecular weight is 297 g/mol. The van der Waals surface area contributed by atoms with Crippen molar-refractivity contribution >= 4 is 34.5 Å². The highest BCUT2D eigenvalue weighted by Crippen LogP contribution is 2.38. The van der Waals surface area contributed by atoms with E-state index in [1.54, 1.807) is 6.07 Å². The van der Waals surface area contributed by atoms with Crippen LogP contribution in [0.5, 0.6) is 0 Å². The van der Waals surface area contributed by atoms with Crippen LogP contribution in [0.15, 0.2) is 28.7 Å². The zero-order valence-corrected chi connectivity index (χ0v) is 12.3. The van der Waals surface area contributed by atoms with Gasteiger partial charge in [-0.25, -0.2) is 4.39 Å². The molecule has 3 rings (SSSR count). The molecule has 2 aromatic rings. The first-order valence-corrected chi connectivity index (χ1v) is 8.42. The molecule has 0 amide bonds. The van der Waals surface area contributed by atoms with E-state index < -0.39 is 0 Å². The molecule has 3 unspecified atom stereocenters. The van der Waals surface area contributed by atoms with Crippen LogP contribution >= 0.6 is 23.5 Å². The van der Waals surface area contributed by atoms with Crippen LogP contribution in [0.25, 0.3) is 11.0 Å². The summed E-state index contributed by atoms with van der Waals surface area (Å²) in [4.78, 5) is 0. The number of hydrogen-bond donors (Lipinski definition) is 1. The third-order valence-corrected chi connectivity index (χ3v) is 6.63. The summed E-state index contributed by atoms with van der Waals surface area (Å²) in [6.45, 7) is 2.21. The van der Waals surface area contributed by atoms with Crippen molar-refractivity contribution in [2.75, 3.05) is 11.5 Å². The van der Waals surface area contributed by atoms with Gasteiger partial charge >= 0.3 is 0 Å². The summed E-state index contributed by atoms with van der Waals surface area (Å²) in [5.74, 6) is 2.82. The molecule has 1 fully saturated rings. The molecule has 1 aliphatic heterocycles. The Labute approximate surface area is 120 Å². The van der Waals surface area contributed by atoms with E-state index in [-0.39, 0.29) is 11.9 Å². The predicted octanol–water partition coefficient (Wildman–Crippen LogP) is 3.81. The minimum Gasteiger partial charge on any atom is -0.459 e. The van der Waals surface area contributed by atoms with Crippen LogP contribution in [0, 0.1) is 5.82 Å². The van der Waals surface area contributed by atoms with Gasteiger partial charge in [-0.15, -0.1) is 0 Å². The fourth-order valence-corrected chi connectivity index (χ4v) is 5.26. The molecule has 5 heteroatoms. The van der Waals surface area contributed by atoms with Crippen LogP contribution in [-0.2, 0) is 0 Å². The maximum atomic E-state index is 13.2. The van der Waals surface area contributed by atoms with Crippen molar-refractivity contribution in [2.45, 2.75) is 23.5 Å². The number of furan rings is 1. The summed E-state index contributed by atoms with van der Waals surface area (Å²) in [5, 5.41) is 1.65. The lowest BCUT2D eigenvalue weighted by molar-refractivity contribution is 0.483. The Morgan fingerprint density at radius 1 is 1.32 bits per heavy atom. The largest absolute Gasteiger partial charge is 0.459 e. The summed E-state index contributed by atoms with van der Waals surface area (Å²) >= 11 is 3.86. The molecule has 0 aliphatic carbocycles. The minimum atomic E-state index is -0.246. The molecule has 1 aromatic carbocycles. The van der Waals surface area contributed by atoms with Crippen LogP contribution in [0.3, 0.4) is 0 Å². The van der Waals surface area contributed by atoms with Gasteiger partial charge in [0, 0.05) is 27.4 Å². The average Bonchev–Trinajstić information content (AvgIpc) is 2.81. The Bertz CT molecular complexity index is 586. The van der Waals surface area contributed by atoms with E-state index in [0.717, 1.165) is 16.9 Å². The van der Waals surface area contributed by atoms with Gasteiger partial charge in [-0.3, -0.25) is 0 Å². The van der Waals surface area contributed by atoms with Crippen molar-refractivity contribution in [1.82, 2.24) is 0 Å². The van der Waals surface area contributed by atoms with Crippen molar-refractivity contribution in [3.8, 4) is 0 Å². The number of benzene rings is 1. The molecule has 0 spiro atoms. The van der Waals surface area contributed by atoms with Crippen molar-refractivity contribution in [3.63, 3.8) is 0 Å². The fourth-order valence-electron chi connectivity index (χ4n) is 2.41. The molecule has 1 saturated heterocycles. The lowest BCUT2D eigenvalue weighted by Gasteiger charge is -2.31. The van der Waals surface area contributed by atoms with E-state index in [1.165, 1.54) is 17.9 Å². The highest BCUT2D eigenvalue weighted by atomic mass is 32.2. The maximum absolute atomic E-state index is 13.2. The second-order valence-electron chi connectivity index (χ2n) is 4.77. The molecule has 0 radical (unpaired) electrons. The van der Waals surface area contributed by atoms with Crippen LogP contribution < -0.4 is 5.73 Å². The maximum Gasteiger partial charge on any atom is 0.134 e. The molecule has 2 nitrogen and oxygen atoms in total. The lowest BCUT2D eigenvalue weighted by atomic mass is 10.1. The zero-order valence-electron chi connectivity index (χ0n) is 10.6. The number of fused-ring (bicyclic) bond motifs is 1. The monoisotopic (exact) mass is 297 g/mol. The first-order valence-electron chi connectivity index (χ1n) is 6.33. The standard InChI is InChI=1S/C14H16FNOS2/c1-8-14(19-5-4-18-8)13(16)12-7-9-6-10(15)2-3-11(9)17-12/h2-3,6-8,13-14H,4-5,16H2,1H3. The Morgan fingerprint density at radius 3 is 2.89 bits per heavy atom. The smallest absolute Gasteiger partial charge is 0.134 e. The van der Waals surface area contributed by atoms with Crippen molar-refractivity contribution in [3.05, 3.63) is 35.8 Å². The van der Waals surface area contributed by atoms with Crippen LogP contribution in [0.2, 0.25) is 0 Å². The van der Waals surface area contributed by atoms with Gasteiger partial charge in [-0.1, -0.05) is 6.92 Å². The lowest BCUT2D eigenvalue weighted by Crippen LogP contribution is -2.33. The Morgan fingerprint density at radius 2 is 2.11 bits per heavy atom. The van der Waals surface area contributed by atoms with Gasteiger partial charge in [0.05, 0.1) is 6.04 Å². The third kappa shape index (κ3) is 2.64. The number of rotatable bonds is 2. The number of thioether (sulfide) groups is 2. The van der Waals surface area contributed by atoms with Gasteiger partial charge in [-0.05, 0) is 24.3 Å². The normalized spacial score (nSPS) is 25.6. The van der Waals surface area contributed by atoms with Gasteiger partial charge < -0.3 is 10.2 Å². The first kappa shape index (κ1) is 13.3. The molecule has 0 bridgehead atoms. The van der Waals surface area contributed by atoms with Gasteiger partial charge in [0.15, 0.2) is 0 Å². The highest BCUT2D eigenvalue weighted by molar-refractivity contribution is 8.07. The van der Waals surface area contributed by atoms with E-state index >= 15 is 0 Å². The Hall–Kier alpha value is -0.650. The molecule has 2 heterocycles. The van der Waals surface area contributed by atoms with E-state index in [4.69, 9.17) is 10.2 Å². The molecule has 2 N–H and O–H groups in total. The molecule has 0 saturated carbocycles. The summed E-state index contributed by atoms with van der Waals surface area (Å²) in [7, 11) is 0. The van der Waals surface area contributed by atoms with Crippen LogP contribution in [0.1, 0.15) is 18.7 Å². The topological polar surface area (TPSA) is 39.2 Å². The number of hydrogen-bond acceptors (Lipinski definition) is 4. The molecule has 19 heavy (non-hydrogen) atoms. The second kappa shape index (κ2) is 5.38. The summed E-state index contributed by atoms with van der Waals surface area (Å²) in [5.41, 5.74) is 7.04. The van der Waals surface area contributed by atoms with E-state index in [0.29, 0.717) is 16.1 Å². The van der Waals surface area contributed by atoms with E-state index in [9.17, 15) is 4.39 Å². The fraction of sp³-hybridized carbons (Fsp3) is 0.429. The number of halogens is 1. The van der Waals surface area contributed by atoms with E-state index in [2.05, 4.69) is 6.92 Å². The van der Waals surface area contributed by atoms with Gasteiger partial charge in [0.25, 0.3) is 0 Å². The molecule has 3 atom stereocenters. The summed E-state index contributed by atoms with van der Waals surface area (Å²) in [6.07, 6.45) is 0. The van der Waals surface area contributed by atoms with Gasteiger partial charge in [0.1, 0.15) is 17.2 Å². The molecule has 1 aromatic heterocycles. The first-order chi connectivity index (χ1) is 9.15. The zero-order chi connectivity index (χ0) is 13.4. The molecule has 102 valence electrons. The SMILES string of the molecule is CC1SCCSC1C(N)c1cc2cc(F)ccc2o1. The third-order valence-electron chi connectivity index (χ3n) is 3.42. The number of nitrogens with two attached hydrogens (primary N) is 1. The molecular formula is C14H16FNOS2. The highest BCUT2D eigenvalue weighted by Gasteiger charge is 2.31. The van der Waals surface area contributed by atoms with Crippen molar-refractivity contribution in [2.24, 2.45) is 5.73 Å². The second-order valence-corrected chi connectivity index (χ2v) is 7.54. The van der Waals surface area contributed by atoms with Crippen molar-refractivity contribution in [1.29, 1.82) is 0 Å². The van der Waals surface area contributed by atoms with Crippen LogP contribution in [-0.4, -0.2) is 22.0 Å². The van der Waals surface area contributed by atoms with E-state index in [1.807, 2.05) is 29.6 Å². The quantitative estimate of drug-likeness (QED) is 0.915. The van der Waals surface area contributed by atoms with Gasteiger partial charge in [-0.2, -0.15) is 23.5 Å². The summed E-state index contributed by atoms with van der Waals surface area (Å²) < 4.78 is 19.0. The van der Waals surface area contributed by atoms with Crippen LogP contribution in [0.4, 0.5) is 4.39 Å². The molecular weight excluding hydrogens is 281 g/mol.